The zero-order valence-electron chi connectivity index (χ0n) is 18.6. The lowest BCUT2D eigenvalue weighted by Gasteiger charge is -2.21. The summed E-state index contributed by atoms with van der Waals surface area (Å²) in [7, 11) is -0.165. The lowest BCUT2D eigenvalue weighted by Crippen LogP contribution is -2.32. The second-order valence-electron chi connectivity index (χ2n) is 7.55. The molecule has 0 aliphatic heterocycles. The van der Waals surface area contributed by atoms with E-state index in [1.165, 1.54) is 0 Å². The maximum Gasteiger partial charge on any atom is 0.271 e. The molecule has 10 heteroatoms. The van der Waals surface area contributed by atoms with Crippen molar-refractivity contribution < 1.29 is 17.9 Å². The third-order valence-electron chi connectivity index (χ3n) is 5.20. The van der Waals surface area contributed by atoms with Gasteiger partial charge in [0.15, 0.2) is 0 Å². The number of carbonyl (C=O) groups is 1. The molecule has 0 spiro atoms. The normalized spacial score (nSPS) is 12.2. The van der Waals surface area contributed by atoms with Crippen LogP contribution in [0.15, 0.2) is 82.6 Å². The fourth-order valence-electron chi connectivity index (χ4n) is 3.55. The molecular weight excluding hydrogens is 472 g/mol. The van der Waals surface area contributed by atoms with E-state index in [-0.39, 0.29) is 16.5 Å². The van der Waals surface area contributed by atoms with Crippen molar-refractivity contribution in [2.45, 2.75) is 16.7 Å². The van der Waals surface area contributed by atoms with E-state index in [9.17, 15) is 13.2 Å². The summed E-state index contributed by atoms with van der Waals surface area (Å²) in [6, 6.07) is 17.0. The molecule has 4 rings (SSSR count). The highest BCUT2D eigenvalue weighted by molar-refractivity contribution is 7.94. The summed E-state index contributed by atoms with van der Waals surface area (Å²) in [5.41, 5.74) is 1.97. The number of amides is 1. The monoisotopic (exact) mass is 496 g/mol. The number of hydrogen-bond donors (Lipinski definition) is 2. The van der Waals surface area contributed by atoms with Crippen molar-refractivity contribution in [3.8, 4) is 5.75 Å². The number of sulfonamides is 1. The number of aromatic nitrogens is 2. The van der Waals surface area contributed by atoms with Gasteiger partial charge < -0.3 is 14.6 Å². The molecule has 2 aromatic heterocycles. The molecule has 0 saturated carbocycles. The van der Waals surface area contributed by atoms with Crippen molar-refractivity contribution in [1.82, 2.24) is 14.9 Å². The van der Waals surface area contributed by atoms with Crippen LogP contribution in [0.4, 0.5) is 5.69 Å². The number of para-hydroxylation sites is 1. The number of hydrogen-bond acceptors (Lipinski definition) is 6. The standard InChI is InChI=1S/C24H24N4O4S2/c1-28-14-13-25-24(28)23(19-6-3-4-7-20(19)32-2)26-21(29)16-17-9-11-18(12-10-17)27-34(30,31)22-8-5-15-33-22/h3-15,23,27H,16H2,1-2H3,(H,26,29). The number of nitrogens with zero attached hydrogens (tertiary/aromatic N) is 2. The van der Waals surface area contributed by atoms with Gasteiger partial charge in [0, 0.05) is 30.7 Å². The highest BCUT2D eigenvalue weighted by Crippen LogP contribution is 2.29. The Bertz CT molecular complexity index is 1360. The summed E-state index contributed by atoms with van der Waals surface area (Å²) in [4.78, 5) is 17.4. The molecule has 2 heterocycles. The Morgan fingerprint density at radius 1 is 1.12 bits per heavy atom. The molecule has 1 amide bonds. The highest BCUT2D eigenvalue weighted by atomic mass is 32.2. The van der Waals surface area contributed by atoms with E-state index in [2.05, 4.69) is 15.0 Å². The summed E-state index contributed by atoms with van der Waals surface area (Å²) in [6.45, 7) is 0. The largest absolute Gasteiger partial charge is 0.496 e. The minimum atomic E-state index is -3.62. The number of ether oxygens (including phenoxy) is 1. The fourth-order valence-corrected chi connectivity index (χ4v) is 5.60. The first-order valence-corrected chi connectivity index (χ1v) is 12.8. The van der Waals surface area contributed by atoms with E-state index in [4.69, 9.17) is 4.74 Å². The Balaban J connectivity index is 1.48. The van der Waals surface area contributed by atoms with Crippen LogP contribution >= 0.6 is 11.3 Å². The number of imidazole rings is 1. The molecule has 0 saturated heterocycles. The van der Waals surface area contributed by atoms with Gasteiger partial charge in [-0.25, -0.2) is 13.4 Å². The number of aryl methyl sites for hydroxylation is 1. The van der Waals surface area contributed by atoms with Gasteiger partial charge in [0.05, 0.1) is 13.5 Å². The summed E-state index contributed by atoms with van der Waals surface area (Å²) in [5.74, 6) is 1.13. The zero-order valence-corrected chi connectivity index (χ0v) is 20.3. The lowest BCUT2D eigenvalue weighted by atomic mass is 10.0. The van der Waals surface area contributed by atoms with Gasteiger partial charge in [0.1, 0.15) is 21.8 Å². The van der Waals surface area contributed by atoms with Gasteiger partial charge in [-0.15, -0.1) is 11.3 Å². The number of methoxy groups -OCH3 is 1. The van der Waals surface area contributed by atoms with Crippen LogP contribution in [-0.2, 0) is 28.3 Å². The van der Waals surface area contributed by atoms with Crippen molar-refractivity contribution >= 4 is 33.0 Å². The number of rotatable bonds is 9. The minimum Gasteiger partial charge on any atom is -0.496 e. The summed E-state index contributed by atoms with van der Waals surface area (Å²) in [6.07, 6.45) is 3.62. The van der Waals surface area contributed by atoms with Crippen molar-refractivity contribution in [2.75, 3.05) is 11.8 Å². The molecule has 34 heavy (non-hydrogen) atoms. The second-order valence-corrected chi connectivity index (χ2v) is 10.4. The minimum absolute atomic E-state index is 0.119. The number of nitrogens with one attached hydrogen (secondary N) is 2. The molecule has 0 aliphatic carbocycles. The topological polar surface area (TPSA) is 102 Å². The predicted molar refractivity (Wildman–Crippen MR) is 131 cm³/mol. The molecule has 0 bridgehead atoms. The van der Waals surface area contributed by atoms with Crippen LogP contribution in [0.5, 0.6) is 5.75 Å². The van der Waals surface area contributed by atoms with Crippen molar-refractivity contribution in [3.05, 3.63) is 95.4 Å². The van der Waals surface area contributed by atoms with Crippen LogP contribution in [-0.4, -0.2) is 31.0 Å². The first-order chi connectivity index (χ1) is 16.4. The van der Waals surface area contributed by atoms with E-state index in [0.29, 0.717) is 17.3 Å². The number of carbonyl (C=O) groups excluding carboxylic acids is 1. The van der Waals surface area contributed by atoms with E-state index in [0.717, 1.165) is 22.5 Å². The van der Waals surface area contributed by atoms with Gasteiger partial charge in [-0.3, -0.25) is 9.52 Å². The van der Waals surface area contributed by atoms with Gasteiger partial charge >= 0.3 is 0 Å². The van der Waals surface area contributed by atoms with Crippen LogP contribution in [0, 0.1) is 0 Å². The molecule has 2 aromatic carbocycles. The quantitative estimate of drug-likeness (QED) is 0.368. The summed E-state index contributed by atoms with van der Waals surface area (Å²) in [5, 5.41) is 4.77. The van der Waals surface area contributed by atoms with Crippen LogP contribution in [0.2, 0.25) is 0 Å². The lowest BCUT2D eigenvalue weighted by molar-refractivity contribution is -0.121. The highest BCUT2D eigenvalue weighted by Gasteiger charge is 2.24. The third kappa shape index (κ3) is 5.29. The Labute approximate surface area is 202 Å². The fraction of sp³-hybridized carbons (Fsp3) is 0.167. The number of anilines is 1. The van der Waals surface area contributed by atoms with Crippen molar-refractivity contribution in [1.29, 1.82) is 0 Å². The predicted octanol–water partition coefficient (Wildman–Crippen LogP) is 3.74. The molecule has 4 aromatic rings. The second kappa shape index (κ2) is 10.1. The van der Waals surface area contributed by atoms with Crippen LogP contribution in [0.3, 0.4) is 0 Å². The molecule has 176 valence electrons. The van der Waals surface area contributed by atoms with Crippen LogP contribution in [0.25, 0.3) is 0 Å². The van der Waals surface area contributed by atoms with Gasteiger partial charge in [-0.05, 0) is 35.2 Å². The average molecular weight is 497 g/mol. The molecule has 0 radical (unpaired) electrons. The first-order valence-electron chi connectivity index (χ1n) is 10.4. The van der Waals surface area contributed by atoms with E-state index in [1.54, 1.807) is 55.1 Å². The third-order valence-corrected chi connectivity index (χ3v) is 7.98. The van der Waals surface area contributed by atoms with E-state index < -0.39 is 16.1 Å². The Morgan fingerprint density at radius 3 is 2.53 bits per heavy atom. The maximum absolute atomic E-state index is 13.0. The SMILES string of the molecule is COc1ccccc1C(NC(=O)Cc1ccc(NS(=O)(=O)c2cccs2)cc1)c1nccn1C. The molecule has 0 aliphatic rings. The molecule has 8 nitrogen and oxygen atoms in total. The van der Waals surface area contributed by atoms with Gasteiger partial charge in [0.2, 0.25) is 5.91 Å². The van der Waals surface area contributed by atoms with Crippen molar-refractivity contribution in [2.24, 2.45) is 7.05 Å². The molecular formula is C24H24N4O4S2. The molecule has 1 atom stereocenters. The zero-order chi connectivity index (χ0) is 24.1. The molecule has 0 fully saturated rings. The van der Waals surface area contributed by atoms with Crippen molar-refractivity contribution in [3.63, 3.8) is 0 Å². The van der Waals surface area contributed by atoms with E-state index >= 15 is 0 Å². The smallest absolute Gasteiger partial charge is 0.271 e. The van der Waals surface area contributed by atoms with Gasteiger partial charge in [-0.2, -0.15) is 0 Å². The maximum atomic E-state index is 13.0. The number of benzene rings is 2. The first kappa shape index (κ1) is 23.5. The van der Waals surface area contributed by atoms with Crippen LogP contribution in [0.1, 0.15) is 23.0 Å². The Hall–Kier alpha value is -3.63. The van der Waals surface area contributed by atoms with E-state index in [1.807, 2.05) is 42.1 Å². The van der Waals surface area contributed by atoms with Gasteiger partial charge in [-0.1, -0.05) is 36.4 Å². The molecule has 2 N–H and O–H groups in total. The summed E-state index contributed by atoms with van der Waals surface area (Å²) < 4.78 is 34.9. The summed E-state index contributed by atoms with van der Waals surface area (Å²) >= 11 is 1.15. The Kier molecular flexibility index (Phi) is 6.99. The average Bonchev–Trinajstić information content (AvgIpc) is 3.51. The Morgan fingerprint density at radius 2 is 1.88 bits per heavy atom. The van der Waals surface area contributed by atoms with Gasteiger partial charge in [0.25, 0.3) is 10.0 Å². The number of thiophene rings is 1. The molecule has 1 unspecified atom stereocenters. The van der Waals surface area contributed by atoms with Crippen LogP contribution < -0.4 is 14.8 Å².